The van der Waals surface area contributed by atoms with Gasteiger partial charge in [0.15, 0.2) is 0 Å². The lowest BCUT2D eigenvalue weighted by molar-refractivity contribution is 0.0984. The number of amides is 2. The first-order valence-corrected chi connectivity index (χ1v) is 12.1. The molecule has 0 unspecified atom stereocenters. The van der Waals surface area contributed by atoms with E-state index in [-0.39, 0.29) is 21.5 Å². The van der Waals surface area contributed by atoms with Crippen LogP contribution in [0.15, 0.2) is 72.1 Å². The molecule has 1 aromatic heterocycles. The first kappa shape index (κ1) is 22.6. The number of nitrogens with zero attached hydrogens (tertiary/aromatic N) is 1. The van der Waals surface area contributed by atoms with Crippen molar-refractivity contribution in [1.82, 2.24) is 0 Å². The van der Waals surface area contributed by atoms with Crippen LogP contribution >= 0.6 is 34.5 Å². The number of carbonyl (C=O) groups excluding carboxylic acids is 2. The minimum absolute atomic E-state index is 0.00294. The maximum Gasteiger partial charge on any atom is 0.260 e. The Hall–Kier alpha value is -3.19. The number of hydrogen-bond acceptors (Lipinski definition) is 3. The molecule has 1 N–H and O–H groups in total. The zero-order valence-corrected chi connectivity index (χ0v) is 20.0. The van der Waals surface area contributed by atoms with Crippen LogP contribution in [-0.2, 0) is 13.0 Å². The third-order valence-electron chi connectivity index (χ3n) is 5.68. The molecule has 1 aliphatic heterocycles. The van der Waals surface area contributed by atoms with E-state index in [1.165, 1.54) is 17.7 Å². The largest absolute Gasteiger partial charge is 0.322 e. The highest BCUT2D eigenvalue weighted by molar-refractivity contribution is 7.10. The van der Waals surface area contributed by atoms with Crippen LogP contribution in [0.25, 0.3) is 0 Å². The summed E-state index contributed by atoms with van der Waals surface area (Å²) in [6.07, 6.45) is 0.767. The van der Waals surface area contributed by atoms with Gasteiger partial charge in [0.1, 0.15) is 5.82 Å². The smallest absolute Gasteiger partial charge is 0.260 e. The summed E-state index contributed by atoms with van der Waals surface area (Å²) in [5, 5.41) is 4.94. The van der Waals surface area contributed by atoms with Gasteiger partial charge in [0.05, 0.1) is 27.7 Å². The molecule has 4 aromatic rings. The number of halogens is 3. The van der Waals surface area contributed by atoms with Crippen LogP contribution in [0.4, 0.5) is 15.8 Å². The van der Waals surface area contributed by atoms with Crippen LogP contribution in [0.3, 0.4) is 0 Å². The number of fused-ring (bicyclic) bond motifs is 2. The molecule has 0 atom stereocenters. The van der Waals surface area contributed by atoms with Gasteiger partial charge in [-0.2, -0.15) is 0 Å². The van der Waals surface area contributed by atoms with Gasteiger partial charge < -0.3 is 10.2 Å². The van der Waals surface area contributed by atoms with Gasteiger partial charge >= 0.3 is 0 Å². The molecular weight excluding hydrogens is 494 g/mol. The summed E-state index contributed by atoms with van der Waals surface area (Å²) < 4.78 is 13.3. The topological polar surface area (TPSA) is 49.4 Å². The summed E-state index contributed by atoms with van der Waals surface area (Å²) in [7, 11) is 0. The van der Waals surface area contributed by atoms with Crippen molar-refractivity contribution in [2.24, 2.45) is 0 Å². The Morgan fingerprint density at radius 2 is 1.68 bits per heavy atom. The molecule has 0 bridgehead atoms. The van der Waals surface area contributed by atoms with Crippen molar-refractivity contribution in [3.8, 4) is 0 Å². The summed E-state index contributed by atoms with van der Waals surface area (Å²) in [6, 6.07) is 18.2. The maximum absolute atomic E-state index is 13.6. The normalized spacial score (nSPS) is 12.5. The summed E-state index contributed by atoms with van der Waals surface area (Å²) in [5.41, 5.74) is 4.00. The van der Waals surface area contributed by atoms with Crippen LogP contribution in [0, 0.1) is 5.82 Å². The molecule has 0 fully saturated rings. The molecule has 1 aliphatic rings. The molecule has 0 saturated heterocycles. The van der Waals surface area contributed by atoms with Crippen molar-refractivity contribution in [2.75, 3.05) is 10.2 Å². The van der Waals surface area contributed by atoms with E-state index in [9.17, 15) is 14.0 Å². The van der Waals surface area contributed by atoms with Crippen molar-refractivity contribution in [3.63, 3.8) is 0 Å². The summed E-state index contributed by atoms with van der Waals surface area (Å²) in [4.78, 5) is 29.0. The standard InChI is InChI=1S/C26H17Cl2FN2O2S/c27-21-12-17(29)5-7-19(21)25(32)30-18-6-8-20(22(28)13-18)26(33)31-14-24-16(9-10-34-24)11-15-3-1-2-4-23(15)31/h1-10,12-13H,11,14H2,(H,30,32). The summed E-state index contributed by atoms with van der Waals surface area (Å²) in [6.45, 7) is 0.459. The van der Waals surface area contributed by atoms with E-state index in [0.717, 1.165) is 34.7 Å². The first-order chi connectivity index (χ1) is 16.4. The zero-order valence-electron chi connectivity index (χ0n) is 17.6. The summed E-state index contributed by atoms with van der Waals surface area (Å²) >= 11 is 14.1. The third-order valence-corrected chi connectivity index (χ3v) is 7.25. The second kappa shape index (κ2) is 9.22. The van der Waals surface area contributed by atoms with Gasteiger partial charge in [0.25, 0.3) is 11.8 Å². The highest BCUT2D eigenvalue weighted by Gasteiger charge is 2.27. The molecule has 0 saturated carbocycles. The van der Waals surface area contributed by atoms with E-state index in [4.69, 9.17) is 23.2 Å². The number of nitrogens with one attached hydrogen (secondary N) is 1. The van der Waals surface area contributed by atoms with E-state index >= 15 is 0 Å². The maximum atomic E-state index is 13.6. The Kier molecular flexibility index (Phi) is 6.13. The molecular formula is C26H17Cl2FN2O2S. The lowest BCUT2D eigenvalue weighted by Gasteiger charge is -2.23. The molecule has 170 valence electrons. The fourth-order valence-corrected chi connectivity index (χ4v) is 5.39. The lowest BCUT2D eigenvalue weighted by Crippen LogP contribution is -2.30. The molecule has 0 spiro atoms. The van der Waals surface area contributed by atoms with Gasteiger partial charge in [0, 0.05) is 22.7 Å². The van der Waals surface area contributed by atoms with E-state index in [1.54, 1.807) is 28.4 Å². The molecule has 4 nitrogen and oxygen atoms in total. The number of para-hydroxylation sites is 1. The molecule has 5 rings (SSSR count). The van der Waals surface area contributed by atoms with Crippen LogP contribution < -0.4 is 10.2 Å². The number of benzene rings is 3. The summed E-state index contributed by atoms with van der Waals surface area (Å²) in [5.74, 6) is -1.26. The third kappa shape index (κ3) is 4.32. The minimum Gasteiger partial charge on any atom is -0.322 e. The fraction of sp³-hybridized carbons (Fsp3) is 0.0769. The quantitative estimate of drug-likeness (QED) is 0.316. The van der Waals surface area contributed by atoms with Crippen molar-refractivity contribution in [1.29, 1.82) is 0 Å². The van der Waals surface area contributed by atoms with Crippen LogP contribution in [0.1, 0.15) is 36.7 Å². The van der Waals surface area contributed by atoms with Crippen LogP contribution in [0.2, 0.25) is 10.0 Å². The van der Waals surface area contributed by atoms with Gasteiger partial charge in [-0.1, -0.05) is 41.4 Å². The Bertz CT molecular complexity index is 1440. The van der Waals surface area contributed by atoms with Gasteiger partial charge in [0.2, 0.25) is 0 Å². The van der Waals surface area contributed by atoms with Crippen LogP contribution in [-0.4, -0.2) is 11.8 Å². The second-order valence-corrected chi connectivity index (χ2v) is 9.65. The molecule has 8 heteroatoms. The average molecular weight is 511 g/mol. The van der Waals surface area contributed by atoms with E-state index in [0.29, 0.717) is 17.8 Å². The first-order valence-electron chi connectivity index (χ1n) is 10.4. The number of rotatable bonds is 3. The average Bonchev–Trinajstić information content (AvgIpc) is 3.17. The molecule has 3 aromatic carbocycles. The monoisotopic (exact) mass is 510 g/mol. The fourth-order valence-electron chi connectivity index (χ4n) is 3.99. The Morgan fingerprint density at radius 1 is 0.912 bits per heavy atom. The number of thiophene rings is 1. The predicted molar refractivity (Wildman–Crippen MR) is 135 cm³/mol. The van der Waals surface area contributed by atoms with Crippen LogP contribution in [0.5, 0.6) is 0 Å². The van der Waals surface area contributed by atoms with Gasteiger partial charge in [-0.05, 0) is 65.0 Å². The number of anilines is 2. The second-order valence-electron chi connectivity index (χ2n) is 7.84. The number of hydrogen-bond donors (Lipinski definition) is 1. The molecule has 0 radical (unpaired) electrons. The molecule has 2 heterocycles. The Morgan fingerprint density at radius 3 is 2.47 bits per heavy atom. The Labute approximate surface area is 209 Å². The van der Waals surface area contributed by atoms with Crippen molar-refractivity contribution in [2.45, 2.75) is 13.0 Å². The van der Waals surface area contributed by atoms with E-state index in [2.05, 4.69) is 11.4 Å². The van der Waals surface area contributed by atoms with Crippen molar-refractivity contribution < 1.29 is 14.0 Å². The van der Waals surface area contributed by atoms with Crippen molar-refractivity contribution in [3.05, 3.63) is 115 Å². The highest BCUT2D eigenvalue weighted by atomic mass is 35.5. The molecule has 0 aliphatic carbocycles. The lowest BCUT2D eigenvalue weighted by atomic mass is 10.1. The van der Waals surface area contributed by atoms with E-state index in [1.807, 2.05) is 29.6 Å². The molecule has 2 amide bonds. The predicted octanol–water partition coefficient (Wildman–Crippen LogP) is 7.20. The highest BCUT2D eigenvalue weighted by Crippen LogP contribution is 2.35. The molecule has 34 heavy (non-hydrogen) atoms. The van der Waals surface area contributed by atoms with Gasteiger partial charge in [-0.25, -0.2) is 4.39 Å². The van der Waals surface area contributed by atoms with Crippen molar-refractivity contribution >= 4 is 57.7 Å². The van der Waals surface area contributed by atoms with Gasteiger partial charge in [-0.3, -0.25) is 9.59 Å². The zero-order chi connectivity index (χ0) is 23.8. The minimum atomic E-state index is -0.530. The Balaban J connectivity index is 1.42. The van der Waals surface area contributed by atoms with E-state index < -0.39 is 11.7 Å². The number of carbonyl (C=O) groups is 2. The SMILES string of the molecule is O=C(Nc1ccc(C(=O)N2Cc3sccc3Cc3ccccc32)c(Cl)c1)c1ccc(F)cc1Cl. The van der Waals surface area contributed by atoms with Gasteiger partial charge in [-0.15, -0.1) is 11.3 Å².